The van der Waals surface area contributed by atoms with Crippen LogP contribution >= 0.6 is 0 Å². The molecule has 0 radical (unpaired) electrons. The lowest BCUT2D eigenvalue weighted by atomic mass is 10.2. The van der Waals surface area contributed by atoms with Crippen LogP contribution in [-0.4, -0.2) is 34.7 Å². The molecule has 0 aliphatic carbocycles. The highest BCUT2D eigenvalue weighted by Crippen LogP contribution is 2.30. The molecule has 1 aromatic carbocycles. The topological polar surface area (TPSA) is 113 Å². The van der Waals surface area contributed by atoms with Crippen molar-refractivity contribution in [3.63, 3.8) is 0 Å². The highest BCUT2D eigenvalue weighted by atomic mass is 16.6. The van der Waals surface area contributed by atoms with E-state index in [0.29, 0.717) is 11.5 Å². The molecule has 0 saturated heterocycles. The highest BCUT2D eigenvalue weighted by molar-refractivity contribution is 5.75. The number of nitro groups is 1. The lowest BCUT2D eigenvalue weighted by molar-refractivity contribution is -0.385. The Kier molecular flexibility index (Phi) is 4.64. The van der Waals surface area contributed by atoms with Crippen molar-refractivity contribution in [1.29, 1.82) is 0 Å². The van der Waals surface area contributed by atoms with Gasteiger partial charge in [-0.15, -0.1) is 0 Å². The number of nitrogens with zero attached hydrogens (tertiary/aromatic N) is 2. The number of para-hydroxylation sites is 2. The molecule has 0 unspecified atom stereocenters. The first-order chi connectivity index (χ1) is 12.0. The van der Waals surface area contributed by atoms with E-state index in [9.17, 15) is 19.7 Å². The average Bonchev–Trinajstić information content (AvgIpc) is 2.61. The van der Waals surface area contributed by atoms with Crippen molar-refractivity contribution in [2.45, 2.75) is 12.6 Å². The molecule has 0 saturated carbocycles. The lowest BCUT2D eigenvalue weighted by Crippen LogP contribution is -2.42. The normalized spacial score (nSPS) is 15.4. The van der Waals surface area contributed by atoms with Gasteiger partial charge in [0.15, 0.2) is 11.5 Å². The zero-order chi connectivity index (χ0) is 17.8. The first-order valence-corrected chi connectivity index (χ1v) is 7.53. The molecule has 2 aromatic rings. The van der Waals surface area contributed by atoms with Gasteiger partial charge in [0, 0.05) is 12.1 Å². The summed E-state index contributed by atoms with van der Waals surface area (Å²) in [6.07, 6.45) is 0.680. The third kappa shape index (κ3) is 3.94. The SMILES string of the molecule is O=C(Cn1cc([N+](=O)[O-])ccc1=O)NC[C@@H]1COc2ccccc2O1. The molecule has 1 aromatic heterocycles. The number of hydrogen-bond acceptors (Lipinski definition) is 6. The van der Waals surface area contributed by atoms with Crippen LogP contribution in [0.5, 0.6) is 11.5 Å². The van der Waals surface area contributed by atoms with Crippen molar-refractivity contribution in [2.24, 2.45) is 0 Å². The van der Waals surface area contributed by atoms with Crippen LogP contribution < -0.4 is 20.3 Å². The summed E-state index contributed by atoms with van der Waals surface area (Å²) in [5.74, 6) is 0.793. The standard InChI is InChI=1S/C16H15N3O6/c20-15(9-18-8-11(19(22)23)5-6-16(18)21)17-7-12-10-24-13-3-1-2-4-14(13)25-12/h1-6,8,12H,7,9-10H2,(H,17,20)/t12-/m1/s1. The van der Waals surface area contributed by atoms with Gasteiger partial charge in [-0.2, -0.15) is 0 Å². The van der Waals surface area contributed by atoms with Gasteiger partial charge < -0.3 is 14.8 Å². The quantitative estimate of drug-likeness (QED) is 0.631. The number of aromatic nitrogens is 1. The molecule has 130 valence electrons. The predicted molar refractivity (Wildman–Crippen MR) is 86.7 cm³/mol. The summed E-state index contributed by atoms with van der Waals surface area (Å²) in [7, 11) is 0. The van der Waals surface area contributed by atoms with E-state index >= 15 is 0 Å². The summed E-state index contributed by atoms with van der Waals surface area (Å²) in [5.41, 5.74) is -0.750. The minimum absolute atomic E-state index is 0.191. The van der Waals surface area contributed by atoms with Crippen LogP contribution in [0.4, 0.5) is 5.69 Å². The Bertz CT molecular complexity index is 863. The molecule has 25 heavy (non-hydrogen) atoms. The largest absolute Gasteiger partial charge is 0.486 e. The molecule has 1 aliphatic rings. The van der Waals surface area contributed by atoms with Gasteiger partial charge >= 0.3 is 0 Å². The molecule has 0 bridgehead atoms. The summed E-state index contributed by atoms with van der Waals surface area (Å²) in [6, 6.07) is 9.37. The first kappa shape index (κ1) is 16.5. The van der Waals surface area contributed by atoms with Crippen molar-refractivity contribution in [3.05, 3.63) is 63.1 Å². The van der Waals surface area contributed by atoms with Crippen molar-refractivity contribution >= 4 is 11.6 Å². The maximum atomic E-state index is 12.0. The second kappa shape index (κ2) is 7.04. The van der Waals surface area contributed by atoms with E-state index in [2.05, 4.69) is 5.32 Å². The summed E-state index contributed by atoms with van der Waals surface area (Å²) in [4.78, 5) is 33.8. The Balaban J connectivity index is 1.56. The molecule has 9 nitrogen and oxygen atoms in total. The van der Waals surface area contributed by atoms with Crippen LogP contribution in [-0.2, 0) is 11.3 Å². The maximum Gasteiger partial charge on any atom is 0.285 e. The molecule has 1 atom stereocenters. The first-order valence-electron chi connectivity index (χ1n) is 7.53. The number of ether oxygens (including phenoxy) is 2. The summed E-state index contributed by atoms with van der Waals surface area (Å²) in [5, 5.41) is 13.4. The van der Waals surface area contributed by atoms with Gasteiger partial charge in [0.2, 0.25) is 5.91 Å². The number of amides is 1. The minimum Gasteiger partial charge on any atom is -0.486 e. The Morgan fingerprint density at radius 2 is 2.04 bits per heavy atom. The van der Waals surface area contributed by atoms with Crippen LogP contribution in [0.1, 0.15) is 0 Å². The van der Waals surface area contributed by atoms with Gasteiger partial charge in [-0.1, -0.05) is 12.1 Å². The molecule has 0 spiro atoms. The molecule has 1 amide bonds. The van der Waals surface area contributed by atoms with Crippen LogP contribution in [0.25, 0.3) is 0 Å². The van der Waals surface area contributed by atoms with E-state index < -0.39 is 16.4 Å². The van der Waals surface area contributed by atoms with Gasteiger partial charge in [0.25, 0.3) is 11.2 Å². The van der Waals surface area contributed by atoms with Crippen molar-refractivity contribution in [2.75, 3.05) is 13.2 Å². The Morgan fingerprint density at radius 1 is 1.28 bits per heavy atom. The fourth-order valence-corrected chi connectivity index (χ4v) is 2.35. The molecular weight excluding hydrogens is 330 g/mol. The number of fused-ring (bicyclic) bond motifs is 1. The van der Waals surface area contributed by atoms with Crippen molar-refractivity contribution in [1.82, 2.24) is 9.88 Å². The van der Waals surface area contributed by atoms with E-state index in [0.717, 1.165) is 22.9 Å². The fraction of sp³-hybridized carbons (Fsp3) is 0.250. The third-order valence-corrected chi connectivity index (χ3v) is 3.59. The number of rotatable bonds is 5. The Hall–Kier alpha value is -3.36. The lowest BCUT2D eigenvalue weighted by Gasteiger charge is -2.26. The molecule has 1 aliphatic heterocycles. The van der Waals surface area contributed by atoms with E-state index in [4.69, 9.17) is 9.47 Å². The molecule has 0 fully saturated rings. The number of nitrogens with one attached hydrogen (secondary N) is 1. The second-order valence-electron chi connectivity index (χ2n) is 5.41. The van der Waals surface area contributed by atoms with Crippen LogP contribution in [0.15, 0.2) is 47.4 Å². The van der Waals surface area contributed by atoms with Crippen molar-refractivity contribution in [3.8, 4) is 11.5 Å². The van der Waals surface area contributed by atoms with E-state index in [1.54, 1.807) is 12.1 Å². The zero-order valence-electron chi connectivity index (χ0n) is 13.1. The third-order valence-electron chi connectivity index (χ3n) is 3.59. The molecule has 9 heteroatoms. The number of pyridine rings is 1. The molecule has 1 N–H and O–H groups in total. The van der Waals surface area contributed by atoms with E-state index in [1.165, 1.54) is 0 Å². The average molecular weight is 345 g/mol. The Morgan fingerprint density at radius 3 is 2.80 bits per heavy atom. The van der Waals surface area contributed by atoms with E-state index in [-0.39, 0.29) is 31.5 Å². The summed E-state index contributed by atoms with van der Waals surface area (Å²) < 4.78 is 12.2. The monoisotopic (exact) mass is 345 g/mol. The van der Waals surface area contributed by atoms with Crippen LogP contribution in [0.3, 0.4) is 0 Å². The molecular formula is C16H15N3O6. The number of hydrogen-bond donors (Lipinski definition) is 1. The minimum atomic E-state index is -0.626. The molecule has 2 heterocycles. The highest BCUT2D eigenvalue weighted by Gasteiger charge is 2.21. The predicted octanol–water partition coefficient (Wildman–Crippen LogP) is 0.713. The van der Waals surface area contributed by atoms with Crippen molar-refractivity contribution < 1.29 is 19.2 Å². The maximum absolute atomic E-state index is 12.0. The summed E-state index contributed by atoms with van der Waals surface area (Å²) >= 11 is 0. The van der Waals surface area contributed by atoms with E-state index in [1.807, 2.05) is 12.1 Å². The second-order valence-corrected chi connectivity index (χ2v) is 5.41. The van der Waals surface area contributed by atoms with Gasteiger partial charge in [0.05, 0.1) is 17.7 Å². The number of carbonyl (C=O) groups excluding carboxylic acids is 1. The molecule has 3 rings (SSSR count). The number of carbonyl (C=O) groups is 1. The smallest absolute Gasteiger partial charge is 0.285 e. The van der Waals surface area contributed by atoms with Gasteiger partial charge in [-0.05, 0) is 12.1 Å². The van der Waals surface area contributed by atoms with Gasteiger partial charge in [-0.25, -0.2) is 0 Å². The van der Waals surface area contributed by atoms with Gasteiger partial charge in [0.1, 0.15) is 19.3 Å². The van der Waals surface area contributed by atoms with Crippen LogP contribution in [0, 0.1) is 10.1 Å². The number of benzene rings is 1. The fourth-order valence-electron chi connectivity index (χ4n) is 2.35. The zero-order valence-corrected chi connectivity index (χ0v) is 13.1. The van der Waals surface area contributed by atoms with Crippen LogP contribution in [0.2, 0.25) is 0 Å². The van der Waals surface area contributed by atoms with Gasteiger partial charge in [-0.3, -0.25) is 24.3 Å². The Labute approximate surface area is 141 Å². The summed E-state index contributed by atoms with van der Waals surface area (Å²) in [6.45, 7) is 0.162.